The largest absolute Gasteiger partial charge is 0.329 e. The van der Waals surface area contributed by atoms with Gasteiger partial charge in [-0.1, -0.05) is 0 Å². The maximum Gasteiger partial charge on any atom is 0.0281 e. The van der Waals surface area contributed by atoms with Crippen LogP contribution in [-0.2, 0) is 0 Å². The molecular weight excluding hydrogens is 144 g/mol. The highest BCUT2D eigenvalue weighted by molar-refractivity contribution is 4.67. The molecule has 11 heavy (non-hydrogen) atoms. The van der Waals surface area contributed by atoms with E-state index in [-0.39, 0.29) is 0 Å². The molecular formula is C6H16N4O. The zero-order chi connectivity index (χ0) is 8.10. The Hall–Kier alpha value is -0.200. The normalized spacial score (nSPS) is 22.4. The van der Waals surface area contributed by atoms with Crippen molar-refractivity contribution >= 4 is 0 Å². The molecule has 0 aromatic carbocycles. The van der Waals surface area contributed by atoms with Gasteiger partial charge in [0.25, 0.3) is 0 Å². The van der Waals surface area contributed by atoms with Crippen LogP contribution in [-0.4, -0.2) is 54.4 Å². The second-order valence-electron chi connectivity index (χ2n) is 2.72. The first-order chi connectivity index (χ1) is 5.36. The summed E-state index contributed by atoms with van der Waals surface area (Å²) >= 11 is 0. The number of hydrogen-bond acceptors (Lipinski definition) is 5. The zero-order valence-electron chi connectivity index (χ0n) is 6.66. The molecule has 1 saturated heterocycles. The lowest BCUT2D eigenvalue weighted by molar-refractivity contribution is -0.0456. The third-order valence-corrected chi connectivity index (χ3v) is 1.96. The summed E-state index contributed by atoms with van der Waals surface area (Å²) < 4.78 is 0. The first-order valence-electron chi connectivity index (χ1n) is 3.94. The number of piperazine rings is 1. The Morgan fingerprint density at radius 3 is 2.36 bits per heavy atom. The summed E-state index contributed by atoms with van der Waals surface area (Å²) in [5.41, 5.74) is 7.55. The molecule has 0 atom stereocenters. The average Bonchev–Trinajstić information content (AvgIpc) is 2.07. The standard InChI is InChI=1S/C6H16N4O/c7-1-2-9-3-5-10(8-11)6-4-9/h8,11H,1-7H2. The minimum Gasteiger partial charge on any atom is -0.329 e. The zero-order valence-corrected chi connectivity index (χ0v) is 6.66. The molecule has 0 aliphatic carbocycles. The van der Waals surface area contributed by atoms with Crippen LogP contribution in [0.4, 0.5) is 0 Å². The van der Waals surface area contributed by atoms with E-state index in [2.05, 4.69) is 10.5 Å². The van der Waals surface area contributed by atoms with Crippen LogP contribution in [0.2, 0.25) is 0 Å². The van der Waals surface area contributed by atoms with Crippen LogP contribution >= 0.6 is 0 Å². The smallest absolute Gasteiger partial charge is 0.0281 e. The Kier molecular flexibility index (Phi) is 3.74. The van der Waals surface area contributed by atoms with Crippen molar-refractivity contribution in [3.05, 3.63) is 0 Å². The van der Waals surface area contributed by atoms with Crippen molar-refractivity contribution in [1.82, 2.24) is 15.5 Å². The SMILES string of the molecule is NCCN1CCN(NO)CC1. The summed E-state index contributed by atoms with van der Waals surface area (Å²) in [6.45, 7) is 5.34. The number of hydrazine groups is 1. The van der Waals surface area contributed by atoms with E-state index in [1.54, 1.807) is 5.01 Å². The predicted octanol–water partition coefficient (Wildman–Crippen LogP) is -1.54. The van der Waals surface area contributed by atoms with Gasteiger partial charge in [0.2, 0.25) is 0 Å². The maximum atomic E-state index is 8.54. The molecule has 0 radical (unpaired) electrons. The lowest BCUT2D eigenvalue weighted by Gasteiger charge is -2.32. The van der Waals surface area contributed by atoms with Gasteiger partial charge in [0.1, 0.15) is 0 Å². The van der Waals surface area contributed by atoms with Gasteiger partial charge < -0.3 is 10.9 Å². The van der Waals surface area contributed by atoms with E-state index in [4.69, 9.17) is 10.9 Å². The first-order valence-corrected chi connectivity index (χ1v) is 3.94. The highest BCUT2D eigenvalue weighted by Crippen LogP contribution is 1.96. The van der Waals surface area contributed by atoms with E-state index < -0.39 is 0 Å². The van der Waals surface area contributed by atoms with Crippen molar-refractivity contribution in [3.63, 3.8) is 0 Å². The Morgan fingerprint density at radius 2 is 1.91 bits per heavy atom. The molecule has 0 bridgehead atoms. The van der Waals surface area contributed by atoms with Gasteiger partial charge in [-0.15, -0.1) is 5.59 Å². The summed E-state index contributed by atoms with van der Waals surface area (Å²) in [6.07, 6.45) is 0. The molecule has 1 rings (SSSR count). The van der Waals surface area contributed by atoms with E-state index in [1.807, 2.05) is 0 Å². The van der Waals surface area contributed by atoms with Crippen molar-refractivity contribution < 1.29 is 5.21 Å². The average molecular weight is 160 g/mol. The summed E-state index contributed by atoms with van der Waals surface area (Å²) in [5, 5.41) is 10.3. The van der Waals surface area contributed by atoms with Gasteiger partial charge in [-0.3, -0.25) is 4.90 Å². The summed E-state index contributed by atoms with van der Waals surface area (Å²) in [7, 11) is 0. The van der Waals surface area contributed by atoms with Crippen molar-refractivity contribution in [2.24, 2.45) is 5.73 Å². The second-order valence-corrected chi connectivity index (χ2v) is 2.72. The fraction of sp³-hybridized carbons (Fsp3) is 1.00. The first kappa shape index (κ1) is 8.89. The summed E-state index contributed by atoms with van der Waals surface area (Å²) in [6, 6.07) is 0. The van der Waals surface area contributed by atoms with Gasteiger partial charge in [-0.2, -0.15) is 0 Å². The molecule has 0 saturated carbocycles. The van der Waals surface area contributed by atoms with Crippen LogP contribution in [0.15, 0.2) is 0 Å². The van der Waals surface area contributed by atoms with Crippen LogP contribution in [0.5, 0.6) is 0 Å². The Morgan fingerprint density at radius 1 is 1.27 bits per heavy atom. The molecule has 1 aliphatic rings. The van der Waals surface area contributed by atoms with Crippen LogP contribution < -0.4 is 11.3 Å². The van der Waals surface area contributed by atoms with Crippen molar-refractivity contribution in [3.8, 4) is 0 Å². The quantitative estimate of drug-likeness (QED) is 0.437. The molecule has 66 valence electrons. The topological polar surface area (TPSA) is 64.8 Å². The molecule has 1 heterocycles. The molecule has 5 heteroatoms. The van der Waals surface area contributed by atoms with Crippen LogP contribution in [0, 0.1) is 0 Å². The predicted molar refractivity (Wildman–Crippen MR) is 42.0 cm³/mol. The Bertz CT molecular complexity index is 103. The molecule has 0 amide bonds. The van der Waals surface area contributed by atoms with Crippen molar-refractivity contribution in [2.75, 3.05) is 39.3 Å². The van der Waals surface area contributed by atoms with Gasteiger partial charge in [0.05, 0.1) is 0 Å². The molecule has 0 unspecified atom stereocenters. The number of nitrogens with one attached hydrogen (secondary N) is 1. The highest BCUT2D eigenvalue weighted by atomic mass is 16.5. The summed E-state index contributed by atoms with van der Waals surface area (Å²) in [5.74, 6) is 0. The second kappa shape index (κ2) is 4.63. The summed E-state index contributed by atoms with van der Waals surface area (Å²) in [4.78, 5) is 2.29. The molecule has 5 nitrogen and oxygen atoms in total. The van der Waals surface area contributed by atoms with Crippen molar-refractivity contribution in [2.45, 2.75) is 0 Å². The Labute approximate surface area is 66.7 Å². The van der Waals surface area contributed by atoms with E-state index in [1.165, 1.54) is 0 Å². The third kappa shape index (κ3) is 2.72. The number of nitrogens with zero attached hydrogens (tertiary/aromatic N) is 2. The minimum atomic E-state index is 0.715. The van der Waals surface area contributed by atoms with E-state index in [9.17, 15) is 0 Å². The van der Waals surface area contributed by atoms with E-state index in [0.29, 0.717) is 6.54 Å². The molecule has 0 aromatic heterocycles. The van der Waals surface area contributed by atoms with E-state index in [0.717, 1.165) is 32.7 Å². The molecule has 1 fully saturated rings. The maximum absolute atomic E-state index is 8.54. The van der Waals surface area contributed by atoms with Gasteiger partial charge >= 0.3 is 0 Å². The molecule has 4 N–H and O–H groups in total. The molecule has 0 spiro atoms. The number of rotatable bonds is 3. The van der Waals surface area contributed by atoms with Crippen molar-refractivity contribution in [1.29, 1.82) is 0 Å². The third-order valence-electron chi connectivity index (χ3n) is 1.96. The van der Waals surface area contributed by atoms with Crippen LogP contribution in [0.25, 0.3) is 0 Å². The van der Waals surface area contributed by atoms with Gasteiger partial charge in [0.15, 0.2) is 0 Å². The minimum absolute atomic E-state index is 0.715. The van der Waals surface area contributed by atoms with Gasteiger partial charge in [0, 0.05) is 39.3 Å². The van der Waals surface area contributed by atoms with Gasteiger partial charge in [-0.25, -0.2) is 5.01 Å². The molecule has 0 aromatic rings. The lowest BCUT2D eigenvalue weighted by atomic mass is 10.3. The van der Waals surface area contributed by atoms with E-state index >= 15 is 0 Å². The fourth-order valence-corrected chi connectivity index (χ4v) is 1.25. The monoisotopic (exact) mass is 160 g/mol. The number of nitrogens with two attached hydrogens (primary N) is 1. The molecule has 1 aliphatic heterocycles. The number of hydrogen-bond donors (Lipinski definition) is 3. The van der Waals surface area contributed by atoms with Crippen LogP contribution in [0.3, 0.4) is 0 Å². The van der Waals surface area contributed by atoms with Crippen LogP contribution in [0.1, 0.15) is 0 Å². The lowest BCUT2D eigenvalue weighted by Crippen LogP contribution is -2.51. The Balaban J connectivity index is 2.14. The fourth-order valence-electron chi connectivity index (χ4n) is 1.25. The highest BCUT2D eigenvalue weighted by Gasteiger charge is 2.14. The van der Waals surface area contributed by atoms with Gasteiger partial charge in [-0.05, 0) is 0 Å².